The van der Waals surface area contributed by atoms with Crippen LogP contribution in [0.15, 0.2) is 45.4 Å². The molecule has 1 radical (unpaired) electrons. The van der Waals surface area contributed by atoms with Crippen LogP contribution in [0.1, 0.15) is 5.56 Å². The van der Waals surface area contributed by atoms with Crippen LogP contribution < -0.4 is 0 Å². The lowest BCUT2D eigenvalue weighted by atomic mass is 9.93. The first-order valence-corrected chi connectivity index (χ1v) is 10.4. The van der Waals surface area contributed by atoms with Crippen LogP contribution in [0.5, 0.6) is 0 Å². The van der Waals surface area contributed by atoms with Gasteiger partial charge in [0, 0.05) is 20.4 Å². The van der Waals surface area contributed by atoms with E-state index in [1.807, 2.05) is 0 Å². The molecule has 0 fully saturated rings. The summed E-state index contributed by atoms with van der Waals surface area (Å²) in [4.78, 5) is 0. The third-order valence-corrected chi connectivity index (χ3v) is 7.30. The fourth-order valence-electron chi connectivity index (χ4n) is 2.45. The summed E-state index contributed by atoms with van der Waals surface area (Å²) in [6.07, 6.45) is -4.51. The molecule has 0 N–H and O–H groups in total. The molecule has 2 rings (SSSR count). The average Bonchev–Trinajstić information content (AvgIpc) is 2.52. The van der Waals surface area contributed by atoms with Gasteiger partial charge in [0.15, 0.2) is 0 Å². The van der Waals surface area contributed by atoms with E-state index in [9.17, 15) is 39.2 Å². The highest BCUT2D eigenvalue weighted by atomic mass is 79.9. The Hall–Kier alpha value is -0.590. The van der Waals surface area contributed by atoms with Gasteiger partial charge in [-0.2, -0.15) is 30.7 Å². The number of hydrogen-bond donors (Lipinski definition) is 0. The number of rotatable bonds is 4. The number of allylic oxidation sites excluding steroid dienone is 2. The van der Waals surface area contributed by atoms with Crippen LogP contribution >= 0.6 is 43.5 Å². The van der Waals surface area contributed by atoms with Gasteiger partial charge in [-0.3, -0.25) is 0 Å². The Morgan fingerprint density at radius 3 is 1.79 bits per heavy atom. The molecule has 2 nitrogen and oxygen atoms in total. The first-order chi connectivity index (χ1) is 12.5. The lowest BCUT2D eigenvalue weighted by Crippen LogP contribution is -2.60. The Morgan fingerprint density at radius 1 is 0.893 bits per heavy atom. The maximum absolute atomic E-state index is 14.4. The van der Waals surface area contributed by atoms with Gasteiger partial charge in [-0.05, 0) is 23.8 Å². The Labute approximate surface area is 176 Å². The molecule has 0 aromatic heterocycles. The lowest BCUT2D eigenvalue weighted by molar-refractivity contribution is -0.332. The van der Waals surface area contributed by atoms with E-state index in [-0.39, 0.29) is 8.96 Å². The highest BCUT2D eigenvalue weighted by molar-refractivity contribution is 9.12. The maximum atomic E-state index is 14.4. The lowest BCUT2D eigenvalue weighted by Gasteiger charge is -2.37. The third kappa shape index (κ3) is 3.43. The molecule has 1 aromatic carbocycles. The zero-order valence-corrected chi connectivity index (χ0v) is 17.8. The van der Waals surface area contributed by atoms with Gasteiger partial charge in [0.1, 0.15) is 4.75 Å². The smallest absolute Gasteiger partial charge is 0.221 e. The van der Waals surface area contributed by atoms with Crippen LogP contribution in [0, 0.1) is 6.42 Å². The summed E-state index contributed by atoms with van der Waals surface area (Å²) in [5, 5.41) is -6.96. The molecule has 0 amide bonds. The Balaban J connectivity index is 2.94. The fraction of sp³-hybridized carbons (Fsp3) is 0.267. The SMILES string of the molecule is O=S(=O)(C1(c2ccccc2Cl)C=C(Br)[CH]C(Br)=C1)C(F)(F)C(F)(F)C(F)(F)F. The van der Waals surface area contributed by atoms with E-state index >= 15 is 0 Å². The topological polar surface area (TPSA) is 34.1 Å². The Bertz CT molecular complexity index is 937. The van der Waals surface area contributed by atoms with E-state index in [1.165, 1.54) is 18.6 Å². The summed E-state index contributed by atoms with van der Waals surface area (Å²) < 4.78 is 116. The maximum Gasteiger partial charge on any atom is 0.461 e. The Kier molecular flexibility index (Phi) is 6.16. The van der Waals surface area contributed by atoms with Crippen LogP contribution in [0.4, 0.5) is 30.7 Å². The van der Waals surface area contributed by atoms with Crippen molar-refractivity contribution in [2.24, 2.45) is 0 Å². The van der Waals surface area contributed by atoms with Crippen molar-refractivity contribution in [3.8, 4) is 0 Å². The zero-order chi connectivity index (χ0) is 21.8. The molecule has 0 saturated heterocycles. The van der Waals surface area contributed by atoms with E-state index in [0.29, 0.717) is 12.2 Å². The van der Waals surface area contributed by atoms with Gasteiger partial charge in [-0.1, -0.05) is 61.7 Å². The first kappa shape index (κ1) is 23.7. The van der Waals surface area contributed by atoms with Gasteiger partial charge in [0.05, 0.1) is 0 Å². The van der Waals surface area contributed by atoms with E-state index in [4.69, 9.17) is 11.6 Å². The quantitative estimate of drug-likeness (QED) is 0.381. The molecule has 0 heterocycles. The summed E-state index contributed by atoms with van der Waals surface area (Å²) in [5.41, 5.74) is -0.628. The molecule has 13 heteroatoms. The van der Waals surface area contributed by atoms with Crippen molar-refractivity contribution in [3.63, 3.8) is 0 Å². The standard InChI is InChI=1S/C15H7Br2ClF7O2S/c16-8-5-9(17)7-12(6-8,10-3-1-2-4-11(10)18)28(26,27)15(24,25)13(19,20)14(21,22)23/h1-7H. The second-order valence-electron chi connectivity index (χ2n) is 5.57. The van der Waals surface area contributed by atoms with Crippen molar-refractivity contribution in [2.45, 2.75) is 22.1 Å². The molecule has 155 valence electrons. The average molecular weight is 580 g/mol. The summed E-state index contributed by atoms with van der Waals surface area (Å²) in [5.74, 6) is -6.87. The van der Waals surface area contributed by atoms with Crippen LogP contribution in [-0.2, 0) is 14.6 Å². The minimum Gasteiger partial charge on any atom is -0.221 e. The van der Waals surface area contributed by atoms with Crippen LogP contribution in [0.2, 0.25) is 5.02 Å². The number of halogens is 10. The highest BCUT2D eigenvalue weighted by Gasteiger charge is 2.81. The number of hydrogen-bond acceptors (Lipinski definition) is 2. The van der Waals surface area contributed by atoms with Gasteiger partial charge in [0.2, 0.25) is 9.84 Å². The molecule has 1 aromatic rings. The normalized spacial score (nSPS) is 18.5. The van der Waals surface area contributed by atoms with Crippen molar-refractivity contribution < 1.29 is 39.2 Å². The summed E-state index contributed by atoms with van der Waals surface area (Å²) in [7, 11) is -6.63. The first-order valence-electron chi connectivity index (χ1n) is 6.94. The third-order valence-electron chi connectivity index (χ3n) is 3.78. The van der Waals surface area contributed by atoms with Gasteiger partial charge < -0.3 is 0 Å². The van der Waals surface area contributed by atoms with Crippen molar-refractivity contribution in [3.05, 3.63) is 62.4 Å². The minimum atomic E-state index is -6.87. The molecule has 28 heavy (non-hydrogen) atoms. The molecular formula is C15H7Br2ClF7O2S. The largest absolute Gasteiger partial charge is 0.461 e. The molecule has 0 saturated carbocycles. The number of alkyl halides is 7. The van der Waals surface area contributed by atoms with Crippen molar-refractivity contribution in [1.29, 1.82) is 0 Å². The van der Waals surface area contributed by atoms with E-state index in [2.05, 4.69) is 31.9 Å². The van der Waals surface area contributed by atoms with E-state index in [0.717, 1.165) is 12.1 Å². The molecular weight excluding hydrogens is 572 g/mol. The van der Waals surface area contributed by atoms with Crippen molar-refractivity contribution in [2.75, 3.05) is 0 Å². The molecule has 1 aliphatic carbocycles. The minimum absolute atomic E-state index is 0.170. The second-order valence-corrected chi connectivity index (χ2v) is 10.0. The van der Waals surface area contributed by atoms with Gasteiger partial charge in [0.25, 0.3) is 0 Å². The van der Waals surface area contributed by atoms with Crippen molar-refractivity contribution in [1.82, 2.24) is 0 Å². The van der Waals surface area contributed by atoms with E-state index in [1.54, 1.807) is 0 Å². The van der Waals surface area contributed by atoms with Crippen LogP contribution in [0.25, 0.3) is 0 Å². The van der Waals surface area contributed by atoms with Gasteiger partial charge >= 0.3 is 17.4 Å². The van der Waals surface area contributed by atoms with Crippen molar-refractivity contribution >= 4 is 53.3 Å². The van der Waals surface area contributed by atoms with Gasteiger partial charge in [-0.25, -0.2) is 8.42 Å². The fourth-order valence-corrected chi connectivity index (χ4v) is 6.53. The second kappa shape index (κ2) is 7.28. The molecule has 0 unspecified atom stereocenters. The van der Waals surface area contributed by atoms with Crippen LogP contribution in [0.3, 0.4) is 0 Å². The molecule has 0 spiro atoms. The zero-order valence-electron chi connectivity index (χ0n) is 13.0. The molecule has 0 bridgehead atoms. The molecule has 0 atom stereocenters. The summed E-state index contributed by atoms with van der Waals surface area (Å²) >= 11 is 11.6. The van der Waals surface area contributed by atoms with Crippen LogP contribution in [-0.4, -0.2) is 25.8 Å². The number of benzene rings is 1. The highest BCUT2D eigenvalue weighted by Crippen LogP contribution is 2.56. The predicted octanol–water partition coefficient (Wildman–Crippen LogP) is 6.52. The summed E-state index contributed by atoms with van der Waals surface area (Å²) in [6, 6.07) is 4.47. The summed E-state index contributed by atoms with van der Waals surface area (Å²) in [6.45, 7) is 0. The number of sulfone groups is 1. The molecule has 0 aliphatic heterocycles. The van der Waals surface area contributed by atoms with E-state index < -0.39 is 42.5 Å². The Morgan fingerprint density at radius 2 is 1.36 bits per heavy atom. The predicted molar refractivity (Wildman–Crippen MR) is 96.3 cm³/mol. The monoisotopic (exact) mass is 577 g/mol. The molecule has 1 aliphatic rings. The van der Waals surface area contributed by atoms with Gasteiger partial charge in [-0.15, -0.1) is 0 Å².